The maximum Gasteiger partial charge on any atom is 0.146 e. The SMILES string of the molecule is CC(C)CC1CCC(C(=O)CSc2ccccc2)CC1. The third-order valence-corrected chi connectivity index (χ3v) is 5.27. The smallest absolute Gasteiger partial charge is 0.146 e. The normalized spacial score (nSPS) is 22.9. The van der Waals surface area contributed by atoms with Gasteiger partial charge in [-0.25, -0.2) is 0 Å². The summed E-state index contributed by atoms with van der Waals surface area (Å²) in [6.07, 6.45) is 6.08. The molecule has 2 rings (SSSR count). The number of hydrogen-bond donors (Lipinski definition) is 0. The van der Waals surface area contributed by atoms with Gasteiger partial charge in [0.25, 0.3) is 0 Å². The molecule has 2 heteroatoms. The van der Waals surface area contributed by atoms with Gasteiger partial charge >= 0.3 is 0 Å². The van der Waals surface area contributed by atoms with Crippen molar-refractivity contribution >= 4 is 17.5 Å². The summed E-state index contributed by atoms with van der Waals surface area (Å²) in [6, 6.07) is 10.2. The van der Waals surface area contributed by atoms with Crippen LogP contribution < -0.4 is 0 Å². The highest BCUT2D eigenvalue weighted by molar-refractivity contribution is 8.00. The number of thioether (sulfide) groups is 1. The van der Waals surface area contributed by atoms with Crippen molar-refractivity contribution in [3.63, 3.8) is 0 Å². The zero-order chi connectivity index (χ0) is 14.4. The van der Waals surface area contributed by atoms with Gasteiger partial charge in [0, 0.05) is 10.8 Å². The Bertz CT molecular complexity index is 405. The van der Waals surface area contributed by atoms with Gasteiger partial charge in [0.2, 0.25) is 0 Å². The van der Waals surface area contributed by atoms with E-state index in [1.54, 1.807) is 11.8 Å². The maximum absolute atomic E-state index is 12.3. The molecule has 20 heavy (non-hydrogen) atoms. The van der Waals surface area contributed by atoms with Crippen LogP contribution in [0.1, 0.15) is 46.0 Å². The van der Waals surface area contributed by atoms with Gasteiger partial charge in [-0.3, -0.25) is 4.79 Å². The zero-order valence-electron chi connectivity index (χ0n) is 12.7. The Morgan fingerprint density at radius 3 is 2.40 bits per heavy atom. The number of benzene rings is 1. The Morgan fingerprint density at radius 2 is 1.80 bits per heavy atom. The van der Waals surface area contributed by atoms with Crippen molar-refractivity contribution in [1.82, 2.24) is 0 Å². The van der Waals surface area contributed by atoms with Gasteiger partial charge in [-0.05, 0) is 56.1 Å². The molecule has 1 aliphatic carbocycles. The minimum Gasteiger partial charge on any atom is -0.298 e. The van der Waals surface area contributed by atoms with Crippen LogP contribution in [-0.2, 0) is 4.79 Å². The fourth-order valence-corrected chi connectivity index (χ4v) is 4.07. The molecule has 1 aromatic carbocycles. The van der Waals surface area contributed by atoms with E-state index in [9.17, 15) is 4.79 Å². The minimum absolute atomic E-state index is 0.328. The summed E-state index contributed by atoms with van der Waals surface area (Å²) < 4.78 is 0. The fraction of sp³-hybridized carbons (Fsp3) is 0.611. The van der Waals surface area contributed by atoms with Crippen LogP contribution in [0.25, 0.3) is 0 Å². The van der Waals surface area contributed by atoms with Gasteiger partial charge in [0.15, 0.2) is 0 Å². The largest absolute Gasteiger partial charge is 0.298 e. The molecule has 0 amide bonds. The van der Waals surface area contributed by atoms with Gasteiger partial charge in [-0.2, -0.15) is 0 Å². The van der Waals surface area contributed by atoms with Crippen molar-refractivity contribution in [3.8, 4) is 0 Å². The summed E-state index contributed by atoms with van der Waals surface area (Å²) in [4.78, 5) is 13.5. The van der Waals surface area contributed by atoms with Crippen LogP contribution >= 0.6 is 11.8 Å². The summed E-state index contributed by atoms with van der Waals surface area (Å²) >= 11 is 1.68. The third-order valence-electron chi connectivity index (χ3n) is 4.23. The van der Waals surface area contributed by atoms with Crippen LogP contribution in [0.2, 0.25) is 0 Å². The molecule has 1 aromatic rings. The van der Waals surface area contributed by atoms with Gasteiger partial charge in [0.1, 0.15) is 5.78 Å². The number of rotatable bonds is 6. The molecule has 0 heterocycles. The lowest BCUT2D eigenvalue weighted by Crippen LogP contribution is -2.23. The Hall–Kier alpha value is -0.760. The van der Waals surface area contributed by atoms with Crippen LogP contribution in [0.4, 0.5) is 0 Å². The van der Waals surface area contributed by atoms with Crippen LogP contribution in [-0.4, -0.2) is 11.5 Å². The molecule has 1 fully saturated rings. The standard InChI is InChI=1S/C18H26OS/c1-14(2)12-15-8-10-16(11-9-15)18(19)13-20-17-6-4-3-5-7-17/h3-7,14-16H,8-13H2,1-2H3. The fourth-order valence-electron chi connectivity index (χ4n) is 3.18. The summed E-state index contributed by atoms with van der Waals surface area (Å²) in [5, 5.41) is 0. The molecule has 0 aromatic heterocycles. The van der Waals surface area contributed by atoms with Crippen molar-refractivity contribution in [2.75, 3.05) is 5.75 Å². The molecule has 0 atom stereocenters. The summed E-state index contributed by atoms with van der Waals surface area (Å²) in [5.41, 5.74) is 0. The van der Waals surface area contributed by atoms with E-state index in [2.05, 4.69) is 26.0 Å². The first-order valence-corrected chi connectivity index (χ1v) is 8.84. The molecule has 0 N–H and O–H groups in total. The lowest BCUT2D eigenvalue weighted by molar-refractivity contribution is -0.121. The van der Waals surface area contributed by atoms with Crippen LogP contribution in [0.5, 0.6) is 0 Å². The van der Waals surface area contributed by atoms with Crippen LogP contribution in [0.15, 0.2) is 35.2 Å². The first-order valence-electron chi connectivity index (χ1n) is 7.85. The van der Waals surface area contributed by atoms with E-state index in [0.29, 0.717) is 17.5 Å². The van der Waals surface area contributed by atoms with Crippen molar-refractivity contribution in [2.24, 2.45) is 17.8 Å². The average Bonchev–Trinajstić information content (AvgIpc) is 2.46. The summed E-state index contributed by atoms with van der Waals surface area (Å²) in [7, 11) is 0. The van der Waals surface area contributed by atoms with Gasteiger partial charge in [-0.1, -0.05) is 32.0 Å². The number of ketones is 1. The number of carbonyl (C=O) groups is 1. The van der Waals surface area contributed by atoms with E-state index in [1.807, 2.05) is 18.2 Å². The molecule has 110 valence electrons. The molecule has 1 aliphatic rings. The van der Waals surface area contributed by atoms with Crippen molar-refractivity contribution < 1.29 is 4.79 Å². The van der Waals surface area contributed by atoms with Gasteiger partial charge in [-0.15, -0.1) is 11.8 Å². The molecular weight excluding hydrogens is 264 g/mol. The molecule has 0 radical (unpaired) electrons. The van der Waals surface area contributed by atoms with E-state index < -0.39 is 0 Å². The predicted octanol–water partition coefficient (Wildman–Crippen LogP) is 5.20. The molecule has 0 spiro atoms. The second kappa shape index (κ2) is 7.87. The van der Waals surface area contributed by atoms with E-state index in [0.717, 1.165) is 24.7 Å². The molecule has 0 saturated heterocycles. The van der Waals surface area contributed by atoms with Crippen molar-refractivity contribution in [2.45, 2.75) is 50.8 Å². The predicted molar refractivity (Wildman–Crippen MR) is 87.1 cm³/mol. The molecule has 0 unspecified atom stereocenters. The van der Waals surface area contributed by atoms with E-state index in [1.165, 1.54) is 24.2 Å². The topological polar surface area (TPSA) is 17.1 Å². The number of carbonyl (C=O) groups excluding carboxylic acids is 1. The molecular formula is C18H26OS. The highest BCUT2D eigenvalue weighted by atomic mass is 32.2. The Morgan fingerprint density at radius 1 is 1.15 bits per heavy atom. The third kappa shape index (κ3) is 4.97. The number of hydrogen-bond acceptors (Lipinski definition) is 2. The zero-order valence-corrected chi connectivity index (χ0v) is 13.5. The minimum atomic E-state index is 0.328. The molecule has 1 saturated carbocycles. The second-order valence-corrected chi connectivity index (χ2v) is 7.46. The Balaban J connectivity index is 1.72. The lowest BCUT2D eigenvalue weighted by atomic mass is 9.77. The van der Waals surface area contributed by atoms with E-state index in [4.69, 9.17) is 0 Å². The first kappa shape index (κ1) is 15.6. The van der Waals surface area contributed by atoms with Crippen molar-refractivity contribution in [1.29, 1.82) is 0 Å². The van der Waals surface area contributed by atoms with Crippen molar-refractivity contribution in [3.05, 3.63) is 30.3 Å². The number of Topliss-reactive ketones (excluding diaryl/α,β-unsaturated/α-hetero) is 1. The van der Waals surface area contributed by atoms with E-state index in [-0.39, 0.29) is 0 Å². The average molecular weight is 290 g/mol. The Labute approximate surface area is 127 Å². The second-order valence-electron chi connectivity index (χ2n) is 6.42. The highest BCUT2D eigenvalue weighted by Crippen LogP contribution is 2.34. The monoisotopic (exact) mass is 290 g/mol. The quantitative estimate of drug-likeness (QED) is 0.670. The Kier molecular flexibility index (Phi) is 6.15. The van der Waals surface area contributed by atoms with Crippen LogP contribution in [0.3, 0.4) is 0 Å². The maximum atomic E-state index is 12.3. The van der Waals surface area contributed by atoms with Crippen LogP contribution in [0, 0.1) is 17.8 Å². The first-order chi connectivity index (χ1) is 9.65. The van der Waals surface area contributed by atoms with Gasteiger partial charge in [0.05, 0.1) is 5.75 Å². The highest BCUT2D eigenvalue weighted by Gasteiger charge is 2.26. The molecule has 0 bridgehead atoms. The lowest BCUT2D eigenvalue weighted by Gasteiger charge is -2.28. The molecule has 0 aliphatic heterocycles. The van der Waals surface area contributed by atoms with Gasteiger partial charge < -0.3 is 0 Å². The summed E-state index contributed by atoms with van der Waals surface area (Å²) in [6.45, 7) is 4.60. The van der Waals surface area contributed by atoms with E-state index >= 15 is 0 Å². The molecule has 1 nitrogen and oxygen atoms in total. The summed E-state index contributed by atoms with van der Waals surface area (Å²) in [5.74, 6) is 3.09.